The molecule has 19 heavy (non-hydrogen) atoms. The lowest BCUT2D eigenvalue weighted by Crippen LogP contribution is -2.13. The van der Waals surface area contributed by atoms with Crippen molar-refractivity contribution in [1.82, 2.24) is 15.3 Å². The fraction of sp³-hybridized carbons (Fsp3) is 0.500. The third-order valence-corrected chi connectivity index (χ3v) is 2.78. The van der Waals surface area contributed by atoms with Gasteiger partial charge in [0.1, 0.15) is 5.69 Å². The van der Waals surface area contributed by atoms with Gasteiger partial charge >= 0.3 is 5.97 Å². The SMILES string of the molecule is C=C(NCCCCCCCC(=O)O)c1cnccn1. The van der Waals surface area contributed by atoms with E-state index in [1.54, 1.807) is 18.6 Å². The lowest BCUT2D eigenvalue weighted by molar-refractivity contribution is -0.137. The molecule has 0 bridgehead atoms. The second-order valence-electron chi connectivity index (χ2n) is 4.41. The number of aromatic nitrogens is 2. The van der Waals surface area contributed by atoms with Crippen LogP contribution in [-0.2, 0) is 4.79 Å². The van der Waals surface area contributed by atoms with Crippen molar-refractivity contribution in [3.05, 3.63) is 30.9 Å². The summed E-state index contributed by atoms with van der Waals surface area (Å²) in [5, 5.41) is 11.7. The average Bonchev–Trinajstić information content (AvgIpc) is 2.42. The number of hydrogen-bond acceptors (Lipinski definition) is 4. The van der Waals surface area contributed by atoms with Crippen LogP contribution < -0.4 is 5.32 Å². The number of aliphatic carboxylic acids is 1. The van der Waals surface area contributed by atoms with E-state index < -0.39 is 5.97 Å². The van der Waals surface area contributed by atoms with E-state index in [0.717, 1.165) is 50.0 Å². The highest BCUT2D eigenvalue weighted by molar-refractivity contribution is 5.66. The zero-order valence-electron chi connectivity index (χ0n) is 11.1. The van der Waals surface area contributed by atoms with Crippen molar-refractivity contribution in [1.29, 1.82) is 0 Å². The Morgan fingerprint density at radius 3 is 2.63 bits per heavy atom. The summed E-state index contributed by atoms with van der Waals surface area (Å²) in [4.78, 5) is 18.5. The number of carboxylic acid groups (broad SMARTS) is 1. The van der Waals surface area contributed by atoms with Crippen molar-refractivity contribution in [2.75, 3.05) is 6.54 Å². The first-order chi connectivity index (χ1) is 9.20. The molecule has 0 aromatic carbocycles. The molecule has 0 atom stereocenters. The fourth-order valence-corrected chi connectivity index (χ4v) is 1.72. The van der Waals surface area contributed by atoms with Gasteiger partial charge in [-0.05, 0) is 12.8 Å². The van der Waals surface area contributed by atoms with Crippen molar-refractivity contribution in [2.45, 2.75) is 38.5 Å². The monoisotopic (exact) mass is 263 g/mol. The smallest absolute Gasteiger partial charge is 0.303 e. The van der Waals surface area contributed by atoms with Crippen LogP contribution in [0.2, 0.25) is 0 Å². The molecular formula is C14H21N3O2. The lowest BCUT2D eigenvalue weighted by Gasteiger charge is -2.08. The summed E-state index contributed by atoms with van der Waals surface area (Å²) in [6.07, 6.45) is 10.2. The van der Waals surface area contributed by atoms with Crippen molar-refractivity contribution in [3.63, 3.8) is 0 Å². The van der Waals surface area contributed by atoms with Gasteiger partial charge in [-0.1, -0.05) is 25.8 Å². The van der Waals surface area contributed by atoms with Gasteiger partial charge < -0.3 is 10.4 Å². The Kier molecular flexibility index (Phi) is 7.24. The summed E-state index contributed by atoms with van der Waals surface area (Å²) in [6, 6.07) is 0. The molecule has 0 aliphatic carbocycles. The zero-order chi connectivity index (χ0) is 13.9. The highest BCUT2D eigenvalue weighted by Gasteiger charge is 1.99. The number of carbonyl (C=O) groups is 1. The summed E-state index contributed by atoms with van der Waals surface area (Å²) in [5.41, 5.74) is 1.56. The third-order valence-electron chi connectivity index (χ3n) is 2.78. The maximum atomic E-state index is 10.3. The summed E-state index contributed by atoms with van der Waals surface area (Å²) >= 11 is 0. The molecule has 5 heteroatoms. The molecule has 1 aromatic heterocycles. The number of nitrogens with zero attached hydrogens (tertiary/aromatic N) is 2. The molecule has 5 nitrogen and oxygen atoms in total. The summed E-state index contributed by atoms with van der Waals surface area (Å²) in [6.45, 7) is 4.77. The summed E-state index contributed by atoms with van der Waals surface area (Å²) in [7, 11) is 0. The molecule has 0 aliphatic heterocycles. The van der Waals surface area contributed by atoms with Crippen molar-refractivity contribution < 1.29 is 9.90 Å². The predicted molar refractivity (Wildman–Crippen MR) is 74.4 cm³/mol. The zero-order valence-corrected chi connectivity index (χ0v) is 11.1. The maximum absolute atomic E-state index is 10.3. The Balaban J connectivity index is 1.99. The molecule has 2 N–H and O–H groups in total. The molecule has 0 fully saturated rings. The Labute approximate surface area is 113 Å². The molecule has 0 amide bonds. The van der Waals surface area contributed by atoms with Gasteiger partial charge in [0.2, 0.25) is 0 Å². The molecule has 1 heterocycles. The molecule has 0 radical (unpaired) electrons. The van der Waals surface area contributed by atoms with Crippen LogP contribution in [0.4, 0.5) is 0 Å². The molecular weight excluding hydrogens is 242 g/mol. The molecule has 0 saturated heterocycles. The van der Waals surface area contributed by atoms with Gasteiger partial charge in [0.15, 0.2) is 0 Å². The number of carboxylic acids is 1. The Bertz CT molecular complexity index is 393. The van der Waals surface area contributed by atoms with E-state index in [0.29, 0.717) is 0 Å². The van der Waals surface area contributed by atoms with Gasteiger partial charge in [0.05, 0.1) is 11.9 Å². The molecule has 104 valence electrons. The standard InChI is InChI=1S/C14H21N3O2/c1-12(13-11-15-9-10-17-13)16-8-6-4-2-3-5-7-14(18)19/h9-11,16H,1-8H2,(H,18,19). The normalized spacial score (nSPS) is 10.1. The minimum atomic E-state index is -0.707. The molecule has 0 spiro atoms. The molecule has 0 unspecified atom stereocenters. The number of rotatable bonds is 10. The highest BCUT2D eigenvalue weighted by atomic mass is 16.4. The highest BCUT2D eigenvalue weighted by Crippen LogP contribution is 2.06. The molecule has 0 aliphatic rings. The van der Waals surface area contributed by atoms with Crippen LogP contribution in [0.3, 0.4) is 0 Å². The summed E-state index contributed by atoms with van der Waals surface area (Å²) < 4.78 is 0. The first kappa shape index (κ1) is 15.1. The summed E-state index contributed by atoms with van der Waals surface area (Å²) in [5.74, 6) is -0.707. The van der Waals surface area contributed by atoms with E-state index in [-0.39, 0.29) is 6.42 Å². The molecule has 1 rings (SSSR count). The van der Waals surface area contributed by atoms with Crippen molar-refractivity contribution >= 4 is 11.7 Å². The van der Waals surface area contributed by atoms with E-state index in [2.05, 4.69) is 21.9 Å². The topological polar surface area (TPSA) is 75.1 Å². The van der Waals surface area contributed by atoms with E-state index in [1.165, 1.54) is 0 Å². The van der Waals surface area contributed by atoms with E-state index in [4.69, 9.17) is 5.11 Å². The molecule has 0 saturated carbocycles. The Morgan fingerprint density at radius 2 is 1.95 bits per heavy atom. The first-order valence-electron chi connectivity index (χ1n) is 6.61. The average molecular weight is 263 g/mol. The Hall–Kier alpha value is -1.91. The fourth-order valence-electron chi connectivity index (χ4n) is 1.72. The van der Waals surface area contributed by atoms with Gasteiger partial charge in [-0.3, -0.25) is 14.8 Å². The van der Waals surface area contributed by atoms with E-state index >= 15 is 0 Å². The van der Waals surface area contributed by atoms with Crippen molar-refractivity contribution in [2.24, 2.45) is 0 Å². The largest absolute Gasteiger partial charge is 0.481 e. The first-order valence-corrected chi connectivity index (χ1v) is 6.61. The minimum absolute atomic E-state index is 0.279. The van der Waals surface area contributed by atoms with E-state index in [1.807, 2.05) is 0 Å². The van der Waals surface area contributed by atoms with Gasteiger partial charge in [-0.2, -0.15) is 0 Å². The Morgan fingerprint density at radius 1 is 1.21 bits per heavy atom. The quantitative estimate of drug-likeness (QED) is 0.634. The van der Waals surface area contributed by atoms with Crippen molar-refractivity contribution in [3.8, 4) is 0 Å². The minimum Gasteiger partial charge on any atom is -0.481 e. The third kappa shape index (κ3) is 7.18. The van der Waals surface area contributed by atoms with Gasteiger partial charge in [-0.25, -0.2) is 0 Å². The van der Waals surface area contributed by atoms with Gasteiger partial charge in [-0.15, -0.1) is 0 Å². The maximum Gasteiger partial charge on any atom is 0.303 e. The number of nitrogens with one attached hydrogen (secondary N) is 1. The lowest BCUT2D eigenvalue weighted by atomic mass is 10.1. The predicted octanol–water partition coefficient (Wildman–Crippen LogP) is 2.46. The number of unbranched alkanes of at least 4 members (excludes halogenated alkanes) is 4. The van der Waals surface area contributed by atoms with E-state index in [9.17, 15) is 4.79 Å². The second kappa shape index (κ2) is 9.08. The van der Waals surface area contributed by atoms with Crippen LogP contribution in [-0.4, -0.2) is 27.6 Å². The van der Waals surface area contributed by atoms with Crippen LogP contribution in [0, 0.1) is 0 Å². The van der Waals surface area contributed by atoms with Crippen LogP contribution >= 0.6 is 0 Å². The van der Waals surface area contributed by atoms with Crippen LogP contribution in [0.15, 0.2) is 25.2 Å². The van der Waals surface area contributed by atoms with Crippen LogP contribution in [0.25, 0.3) is 5.70 Å². The van der Waals surface area contributed by atoms with Crippen LogP contribution in [0.1, 0.15) is 44.2 Å². The van der Waals surface area contributed by atoms with Crippen LogP contribution in [0.5, 0.6) is 0 Å². The number of hydrogen-bond donors (Lipinski definition) is 2. The van der Waals surface area contributed by atoms with Gasteiger partial charge in [0.25, 0.3) is 0 Å². The van der Waals surface area contributed by atoms with Gasteiger partial charge in [0, 0.05) is 25.4 Å². The second-order valence-corrected chi connectivity index (χ2v) is 4.41. The molecule has 1 aromatic rings.